The Morgan fingerprint density at radius 2 is 1.62 bits per heavy atom. The van der Waals surface area contributed by atoms with Gasteiger partial charge in [-0.05, 0) is 22.8 Å². The second-order valence-electron chi connectivity index (χ2n) is 7.82. The number of nitrogens with one attached hydrogen (secondary N) is 1. The Morgan fingerprint density at radius 1 is 1.05 bits per heavy atom. The first kappa shape index (κ1) is 17.7. The fourth-order valence-corrected chi connectivity index (χ4v) is 2.64. The number of imide groups is 1. The number of urea groups is 1. The second-order valence-corrected chi connectivity index (χ2v) is 7.82. The van der Waals surface area contributed by atoms with Crippen LogP contribution in [0.15, 0.2) is 11.1 Å². The summed E-state index contributed by atoms with van der Waals surface area (Å²) in [6.07, 6.45) is 1.79. The SMILES string of the molecule is CCCCN1C(=O)NCC(C(C)(C)C)=C(C(C)(C)C)C1=O. The molecule has 4 nitrogen and oxygen atoms in total. The van der Waals surface area contributed by atoms with E-state index in [0.29, 0.717) is 13.1 Å². The molecule has 1 rings (SSSR count). The maximum Gasteiger partial charge on any atom is 0.324 e. The van der Waals surface area contributed by atoms with Crippen LogP contribution in [0, 0.1) is 10.8 Å². The second kappa shape index (κ2) is 6.20. The van der Waals surface area contributed by atoms with Gasteiger partial charge in [0.1, 0.15) is 0 Å². The molecular formula is C17H30N2O2. The van der Waals surface area contributed by atoms with Crippen molar-refractivity contribution in [3.8, 4) is 0 Å². The highest BCUT2D eigenvalue weighted by Gasteiger charge is 2.38. The molecule has 0 aromatic carbocycles. The van der Waals surface area contributed by atoms with Crippen LogP contribution in [-0.4, -0.2) is 29.9 Å². The first-order chi connectivity index (χ1) is 9.50. The van der Waals surface area contributed by atoms with E-state index in [4.69, 9.17) is 0 Å². The molecule has 0 fully saturated rings. The maximum absolute atomic E-state index is 13.0. The van der Waals surface area contributed by atoms with E-state index in [1.807, 2.05) is 20.8 Å². The van der Waals surface area contributed by atoms with Gasteiger partial charge in [-0.15, -0.1) is 0 Å². The molecule has 0 radical (unpaired) electrons. The minimum Gasteiger partial charge on any atom is -0.334 e. The topological polar surface area (TPSA) is 49.4 Å². The van der Waals surface area contributed by atoms with Gasteiger partial charge in [0.2, 0.25) is 0 Å². The van der Waals surface area contributed by atoms with Crippen molar-refractivity contribution in [1.82, 2.24) is 10.2 Å². The molecular weight excluding hydrogens is 264 g/mol. The van der Waals surface area contributed by atoms with Crippen LogP contribution in [0.5, 0.6) is 0 Å². The predicted molar refractivity (Wildman–Crippen MR) is 86.0 cm³/mol. The Balaban J connectivity index is 3.36. The molecule has 1 aliphatic heterocycles. The van der Waals surface area contributed by atoms with Gasteiger partial charge in [0.25, 0.3) is 5.91 Å². The molecule has 0 aromatic heterocycles. The van der Waals surface area contributed by atoms with Crippen LogP contribution in [0.25, 0.3) is 0 Å². The van der Waals surface area contributed by atoms with Crippen LogP contribution in [0.3, 0.4) is 0 Å². The molecule has 1 aliphatic rings. The highest BCUT2D eigenvalue weighted by Crippen LogP contribution is 2.38. The number of amides is 3. The zero-order valence-corrected chi connectivity index (χ0v) is 14.6. The third-order valence-corrected chi connectivity index (χ3v) is 3.81. The van der Waals surface area contributed by atoms with Crippen LogP contribution in [0.4, 0.5) is 4.79 Å². The van der Waals surface area contributed by atoms with Crippen molar-refractivity contribution in [1.29, 1.82) is 0 Å². The fraction of sp³-hybridized carbons (Fsp3) is 0.765. The van der Waals surface area contributed by atoms with Gasteiger partial charge in [-0.3, -0.25) is 9.69 Å². The summed E-state index contributed by atoms with van der Waals surface area (Å²) in [7, 11) is 0. The van der Waals surface area contributed by atoms with Gasteiger partial charge in [0.05, 0.1) is 0 Å². The molecule has 0 aliphatic carbocycles. The molecule has 3 amide bonds. The first-order valence-corrected chi connectivity index (χ1v) is 7.84. The van der Waals surface area contributed by atoms with Gasteiger partial charge >= 0.3 is 6.03 Å². The smallest absolute Gasteiger partial charge is 0.324 e. The average Bonchev–Trinajstić information content (AvgIpc) is 2.43. The van der Waals surface area contributed by atoms with Crippen molar-refractivity contribution in [3.05, 3.63) is 11.1 Å². The molecule has 0 bridgehead atoms. The first-order valence-electron chi connectivity index (χ1n) is 7.84. The molecule has 0 aromatic rings. The summed E-state index contributed by atoms with van der Waals surface area (Å²) in [5.74, 6) is -0.129. The van der Waals surface area contributed by atoms with Crippen LogP contribution in [0.2, 0.25) is 0 Å². The average molecular weight is 294 g/mol. The van der Waals surface area contributed by atoms with E-state index in [-0.39, 0.29) is 22.8 Å². The maximum atomic E-state index is 13.0. The largest absolute Gasteiger partial charge is 0.334 e. The van der Waals surface area contributed by atoms with Gasteiger partial charge in [0, 0.05) is 18.7 Å². The highest BCUT2D eigenvalue weighted by atomic mass is 16.2. The van der Waals surface area contributed by atoms with E-state index < -0.39 is 0 Å². The van der Waals surface area contributed by atoms with Crippen molar-refractivity contribution in [3.63, 3.8) is 0 Å². The quantitative estimate of drug-likeness (QED) is 0.862. The van der Waals surface area contributed by atoms with E-state index >= 15 is 0 Å². The van der Waals surface area contributed by atoms with Crippen molar-refractivity contribution in [2.45, 2.75) is 61.3 Å². The number of carbonyl (C=O) groups is 2. The number of rotatable bonds is 3. The third-order valence-electron chi connectivity index (χ3n) is 3.81. The number of unbranched alkanes of at least 4 members (excludes halogenated alkanes) is 1. The van der Waals surface area contributed by atoms with Gasteiger partial charge in [-0.1, -0.05) is 54.9 Å². The van der Waals surface area contributed by atoms with Gasteiger partial charge < -0.3 is 5.32 Å². The van der Waals surface area contributed by atoms with Gasteiger partial charge in [-0.2, -0.15) is 0 Å². The monoisotopic (exact) mass is 294 g/mol. The van der Waals surface area contributed by atoms with Gasteiger partial charge in [-0.25, -0.2) is 4.79 Å². The molecule has 1 heterocycles. The molecule has 0 saturated carbocycles. The van der Waals surface area contributed by atoms with Crippen molar-refractivity contribution in [2.75, 3.05) is 13.1 Å². The third kappa shape index (κ3) is 4.08. The molecule has 120 valence electrons. The summed E-state index contributed by atoms with van der Waals surface area (Å²) in [6, 6.07) is -0.269. The molecule has 0 spiro atoms. The fourth-order valence-electron chi connectivity index (χ4n) is 2.64. The van der Waals surface area contributed by atoms with Crippen LogP contribution >= 0.6 is 0 Å². The Labute approximate surface area is 129 Å². The summed E-state index contributed by atoms with van der Waals surface area (Å²) < 4.78 is 0. The van der Waals surface area contributed by atoms with Crippen molar-refractivity contribution in [2.24, 2.45) is 10.8 Å². The normalized spacial score (nSPS) is 18.0. The number of carbonyl (C=O) groups excluding carboxylic acids is 2. The van der Waals surface area contributed by atoms with E-state index in [1.54, 1.807) is 0 Å². The van der Waals surface area contributed by atoms with E-state index in [0.717, 1.165) is 24.0 Å². The lowest BCUT2D eigenvalue weighted by molar-refractivity contribution is -0.125. The van der Waals surface area contributed by atoms with Crippen molar-refractivity contribution >= 4 is 11.9 Å². The van der Waals surface area contributed by atoms with Crippen LogP contribution in [0.1, 0.15) is 61.3 Å². The molecule has 0 unspecified atom stereocenters. The van der Waals surface area contributed by atoms with Crippen LogP contribution in [-0.2, 0) is 4.79 Å². The zero-order valence-electron chi connectivity index (χ0n) is 14.6. The molecule has 4 heteroatoms. The van der Waals surface area contributed by atoms with E-state index in [9.17, 15) is 9.59 Å². The molecule has 1 N–H and O–H groups in total. The summed E-state index contributed by atoms with van der Waals surface area (Å²) in [5, 5.41) is 2.90. The number of hydrogen-bond acceptors (Lipinski definition) is 2. The Bertz CT molecular complexity index is 450. The highest BCUT2D eigenvalue weighted by molar-refractivity contribution is 6.06. The van der Waals surface area contributed by atoms with Crippen LogP contribution < -0.4 is 5.32 Å². The molecule has 0 atom stereocenters. The Morgan fingerprint density at radius 3 is 2.05 bits per heavy atom. The summed E-state index contributed by atoms with van der Waals surface area (Å²) in [4.78, 5) is 26.6. The summed E-state index contributed by atoms with van der Waals surface area (Å²) >= 11 is 0. The Hall–Kier alpha value is -1.32. The molecule has 21 heavy (non-hydrogen) atoms. The minimum atomic E-state index is -0.281. The van der Waals surface area contributed by atoms with E-state index in [2.05, 4.69) is 33.0 Å². The lowest BCUT2D eigenvalue weighted by Crippen LogP contribution is -2.44. The minimum absolute atomic E-state index is 0.129. The Kier molecular flexibility index (Phi) is 5.24. The lowest BCUT2D eigenvalue weighted by atomic mass is 9.74. The summed E-state index contributed by atoms with van der Waals surface area (Å²) in [5.41, 5.74) is 1.39. The van der Waals surface area contributed by atoms with Gasteiger partial charge in [0.15, 0.2) is 0 Å². The standard InChI is InChI=1S/C17H30N2O2/c1-8-9-10-19-14(20)13(17(5,6)7)12(16(2,3)4)11-18-15(19)21/h8-11H2,1-7H3,(H,18,21). The molecule has 0 saturated heterocycles. The number of nitrogens with zero attached hydrogens (tertiary/aromatic N) is 1. The van der Waals surface area contributed by atoms with E-state index in [1.165, 1.54) is 4.90 Å². The zero-order chi connectivity index (χ0) is 16.4. The predicted octanol–water partition coefficient (Wildman–Crippen LogP) is 3.73. The van der Waals surface area contributed by atoms with Crippen molar-refractivity contribution < 1.29 is 9.59 Å². The number of hydrogen-bond donors (Lipinski definition) is 1. The lowest BCUT2D eigenvalue weighted by Gasteiger charge is -2.32. The summed E-state index contributed by atoms with van der Waals surface area (Å²) in [6.45, 7) is 15.4.